The molecule has 2 aromatic rings. The standard InChI is InChI=1S/C10H10N6O2S/c11-10(19)13-6-3-8-9(18-2-1-17-8)4-7(6)16-5-12-14-15-16/h3-5H,1-2H2,(H3,11,13,19). The molecule has 0 radical (unpaired) electrons. The van der Waals surface area contributed by atoms with Gasteiger partial charge in [0.1, 0.15) is 19.5 Å². The SMILES string of the molecule is NC(=S)Nc1cc2c(cc1-n1cnnn1)OCCO2. The summed E-state index contributed by atoms with van der Waals surface area (Å²) in [6.45, 7) is 1.01. The van der Waals surface area contributed by atoms with Gasteiger partial charge < -0.3 is 20.5 Å². The van der Waals surface area contributed by atoms with E-state index in [1.807, 2.05) is 0 Å². The van der Waals surface area contributed by atoms with E-state index in [1.165, 1.54) is 11.0 Å². The number of thiocarbonyl (C=S) groups is 1. The Labute approximate surface area is 113 Å². The summed E-state index contributed by atoms with van der Waals surface area (Å²) in [5, 5.41) is 14.1. The van der Waals surface area contributed by atoms with Crippen LogP contribution in [0.4, 0.5) is 5.69 Å². The number of nitrogens with zero attached hydrogens (tertiary/aromatic N) is 4. The van der Waals surface area contributed by atoms with Crippen LogP contribution in [0.15, 0.2) is 18.5 Å². The molecule has 0 atom stereocenters. The molecule has 0 amide bonds. The molecule has 9 heteroatoms. The molecule has 0 saturated heterocycles. The van der Waals surface area contributed by atoms with E-state index in [-0.39, 0.29) is 5.11 Å². The highest BCUT2D eigenvalue weighted by Gasteiger charge is 2.17. The van der Waals surface area contributed by atoms with Gasteiger partial charge in [-0.05, 0) is 22.6 Å². The van der Waals surface area contributed by atoms with Gasteiger partial charge >= 0.3 is 0 Å². The molecule has 0 unspecified atom stereocenters. The van der Waals surface area contributed by atoms with Gasteiger partial charge in [-0.2, -0.15) is 4.68 Å². The van der Waals surface area contributed by atoms with Crippen molar-refractivity contribution in [3.8, 4) is 17.2 Å². The Morgan fingerprint density at radius 3 is 2.68 bits per heavy atom. The molecule has 19 heavy (non-hydrogen) atoms. The first-order chi connectivity index (χ1) is 9.24. The Kier molecular flexibility index (Phi) is 2.88. The molecule has 8 nitrogen and oxygen atoms in total. The fraction of sp³-hybridized carbons (Fsp3) is 0.200. The molecule has 0 spiro atoms. The van der Waals surface area contributed by atoms with Gasteiger partial charge in [0, 0.05) is 12.1 Å². The van der Waals surface area contributed by atoms with Crippen LogP contribution >= 0.6 is 12.2 Å². The largest absolute Gasteiger partial charge is 0.486 e. The van der Waals surface area contributed by atoms with Crippen LogP contribution in [0.1, 0.15) is 0 Å². The second-order valence-electron chi connectivity index (χ2n) is 3.76. The predicted molar refractivity (Wildman–Crippen MR) is 70.6 cm³/mol. The summed E-state index contributed by atoms with van der Waals surface area (Å²) in [5.41, 5.74) is 6.82. The molecular weight excluding hydrogens is 268 g/mol. The van der Waals surface area contributed by atoms with Crippen LogP contribution < -0.4 is 20.5 Å². The van der Waals surface area contributed by atoms with Crippen molar-refractivity contribution in [2.24, 2.45) is 5.73 Å². The Morgan fingerprint density at radius 1 is 1.32 bits per heavy atom. The Bertz CT molecular complexity index is 615. The Balaban J connectivity index is 2.11. The van der Waals surface area contributed by atoms with Crippen LogP contribution in [0.25, 0.3) is 5.69 Å². The lowest BCUT2D eigenvalue weighted by Gasteiger charge is -2.21. The Hall–Kier alpha value is -2.42. The zero-order valence-corrected chi connectivity index (χ0v) is 10.6. The fourth-order valence-corrected chi connectivity index (χ4v) is 1.88. The molecule has 1 aromatic heterocycles. The van der Waals surface area contributed by atoms with Crippen LogP contribution in [-0.4, -0.2) is 38.5 Å². The van der Waals surface area contributed by atoms with Crippen molar-refractivity contribution in [3.63, 3.8) is 0 Å². The van der Waals surface area contributed by atoms with E-state index in [0.717, 1.165) is 0 Å². The number of ether oxygens (including phenoxy) is 2. The molecule has 0 saturated carbocycles. The number of nitrogens with one attached hydrogen (secondary N) is 1. The number of nitrogens with two attached hydrogens (primary N) is 1. The van der Waals surface area contributed by atoms with Crippen LogP contribution in [0, 0.1) is 0 Å². The molecule has 98 valence electrons. The van der Waals surface area contributed by atoms with Crippen molar-refractivity contribution < 1.29 is 9.47 Å². The maximum absolute atomic E-state index is 5.52. The number of aromatic nitrogens is 4. The van der Waals surface area contributed by atoms with E-state index >= 15 is 0 Å². The average Bonchev–Trinajstić information content (AvgIpc) is 2.91. The highest BCUT2D eigenvalue weighted by atomic mass is 32.1. The number of tetrazole rings is 1. The molecule has 3 N–H and O–H groups in total. The molecular formula is C10H10N6O2S. The number of benzene rings is 1. The summed E-state index contributed by atoms with van der Waals surface area (Å²) in [7, 11) is 0. The van der Waals surface area contributed by atoms with E-state index in [9.17, 15) is 0 Å². The highest BCUT2D eigenvalue weighted by molar-refractivity contribution is 7.80. The highest BCUT2D eigenvalue weighted by Crippen LogP contribution is 2.36. The lowest BCUT2D eigenvalue weighted by atomic mass is 10.2. The van der Waals surface area contributed by atoms with Crippen molar-refractivity contribution >= 4 is 23.0 Å². The normalized spacial score (nSPS) is 13.1. The average molecular weight is 278 g/mol. The van der Waals surface area contributed by atoms with Crippen molar-refractivity contribution in [2.45, 2.75) is 0 Å². The zero-order chi connectivity index (χ0) is 13.2. The van der Waals surface area contributed by atoms with E-state index in [2.05, 4.69) is 20.8 Å². The maximum atomic E-state index is 5.52. The maximum Gasteiger partial charge on any atom is 0.168 e. The summed E-state index contributed by atoms with van der Waals surface area (Å²) < 4.78 is 12.5. The van der Waals surface area contributed by atoms with Crippen molar-refractivity contribution in [1.82, 2.24) is 20.2 Å². The van der Waals surface area contributed by atoms with Crippen LogP contribution in [0.5, 0.6) is 11.5 Å². The zero-order valence-electron chi connectivity index (χ0n) is 9.74. The topological polar surface area (TPSA) is 100 Å². The van der Waals surface area contributed by atoms with Crippen molar-refractivity contribution in [2.75, 3.05) is 18.5 Å². The first-order valence-corrected chi connectivity index (χ1v) is 5.88. The third-order valence-corrected chi connectivity index (χ3v) is 2.62. The lowest BCUT2D eigenvalue weighted by molar-refractivity contribution is 0.171. The molecule has 1 aliphatic heterocycles. The number of anilines is 1. The minimum Gasteiger partial charge on any atom is -0.486 e. The summed E-state index contributed by atoms with van der Waals surface area (Å²) in [6.07, 6.45) is 1.47. The van der Waals surface area contributed by atoms with Gasteiger partial charge in [-0.25, -0.2) is 0 Å². The Morgan fingerprint density at radius 2 is 2.05 bits per heavy atom. The predicted octanol–water partition coefficient (Wildman–Crippen LogP) is 0.0890. The molecule has 3 rings (SSSR count). The second kappa shape index (κ2) is 4.69. The van der Waals surface area contributed by atoms with Crippen LogP contribution in [0.3, 0.4) is 0 Å². The summed E-state index contributed by atoms with van der Waals surface area (Å²) in [5.74, 6) is 1.26. The monoisotopic (exact) mass is 278 g/mol. The van der Waals surface area contributed by atoms with Gasteiger partial charge in [0.05, 0.1) is 11.4 Å². The number of rotatable bonds is 2. The minimum absolute atomic E-state index is 0.144. The summed E-state index contributed by atoms with van der Waals surface area (Å²) in [4.78, 5) is 0. The van der Waals surface area contributed by atoms with Crippen LogP contribution in [0.2, 0.25) is 0 Å². The molecule has 0 aliphatic carbocycles. The van der Waals surface area contributed by atoms with Crippen LogP contribution in [-0.2, 0) is 0 Å². The number of hydrogen-bond acceptors (Lipinski definition) is 6. The van der Waals surface area contributed by atoms with Crippen molar-refractivity contribution in [1.29, 1.82) is 0 Å². The smallest absolute Gasteiger partial charge is 0.168 e. The third-order valence-electron chi connectivity index (χ3n) is 2.51. The van der Waals surface area contributed by atoms with Gasteiger partial charge in [0.25, 0.3) is 0 Å². The lowest BCUT2D eigenvalue weighted by Crippen LogP contribution is -2.21. The molecule has 1 aromatic carbocycles. The third kappa shape index (κ3) is 2.27. The summed E-state index contributed by atoms with van der Waals surface area (Å²) >= 11 is 4.85. The van der Waals surface area contributed by atoms with Crippen molar-refractivity contribution in [3.05, 3.63) is 18.5 Å². The van der Waals surface area contributed by atoms with E-state index < -0.39 is 0 Å². The number of hydrogen-bond donors (Lipinski definition) is 2. The quantitative estimate of drug-likeness (QED) is 0.745. The van der Waals surface area contributed by atoms with E-state index in [0.29, 0.717) is 36.1 Å². The van der Waals surface area contributed by atoms with Gasteiger partial charge in [0.15, 0.2) is 16.6 Å². The number of fused-ring (bicyclic) bond motifs is 1. The first-order valence-electron chi connectivity index (χ1n) is 5.47. The van der Waals surface area contributed by atoms with Gasteiger partial charge in [-0.3, -0.25) is 0 Å². The van der Waals surface area contributed by atoms with E-state index in [1.54, 1.807) is 12.1 Å². The molecule has 0 bridgehead atoms. The van der Waals surface area contributed by atoms with Gasteiger partial charge in [-0.15, -0.1) is 5.10 Å². The van der Waals surface area contributed by atoms with Gasteiger partial charge in [0.2, 0.25) is 0 Å². The first kappa shape index (κ1) is 11.7. The van der Waals surface area contributed by atoms with E-state index in [4.69, 9.17) is 27.4 Å². The molecule has 1 aliphatic rings. The fourth-order valence-electron chi connectivity index (χ4n) is 1.77. The molecule has 2 heterocycles. The molecule has 0 fully saturated rings. The minimum atomic E-state index is 0.144. The van der Waals surface area contributed by atoms with Gasteiger partial charge in [-0.1, -0.05) is 0 Å². The second-order valence-corrected chi connectivity index (χ2v) is 4.20. The summed E-state index contributed by atoms with van der Waals surface area (Å²) in [6, 6.07) is 3.52.